The van der Waals surface area contributed by atoms with E-state index in [2.05, 4.69) is 26.1 Å². The summed E-state index contributed by atoms with van der Waals surface area (Å²) in [4.78, 5) is 13.9. The lowest BCUT2D eigenvalue weighted by Gasteiger charge is -2.16. The molecule has 3 aromatic carbocycles. The molecule has 1 atom stereocenters. The van der Waals surface area contributed by atoms with Crippen LogP contribution in [-0.2, 0) is 28.2 Å². The number of sulfone groups is 1. The summed E-state index contributed by atoms with van der Waals surface area (Å²) in [5.74, 6) is -0.297. The number of aromatic nitrogens is 2. The summed E-state index contributed by atoms with van der Waals surface area (Å²) in [7, 11) is -3.65. The molecule has 0 aliphatic heterocycles. The first-order valence-corrected chi connectivity index (χ1v) is 14.6. The van der Waals surface area contributed by atoms with Crippen molar-refractivity contribution in [1.82, 2.24) is 15.1 Å². The van der Waals surface area contributed by atoms with Crippen LogP contribution in [0.15, 0.2) is 113 Å². The van der Waals surface area contributed by atoms with E-state index in [9.17, 15) is 13.2 Å². The van der Waals surface area contributed by atoms with E-state index in [1.165, 1.54) is 5.41 Å². The van der Waals surface area contributed by atoms with Crippen molar-refractivity contribution in [2.24, 2.45) is 0 Å². The first kappa shape index (κ1) is 28.0. The standard InChI is InChI=1S/C32H35N3O3S/c1-32(2,3)30-23-29(35(34-30)24-26-15-9-5-10-16-26)31(36)33-27(20-19-25-13-7-4-8-14-25)21-22-39(37,38)28-17-11-6-12-18-28/h4-18,21-23,27H,19-20,24H2,1-3H3,(H,33,36)/b22-21+/t27-/m0/s1. The van der Waals surface area contributed by atoms with Crippen molar-refractivity contribution in [3.8, 4) is 0 Å². The summed E-state index contributed by atoms with van der Waals surface area (Å²) in [6.07, 6.45) is 2.79. The Labute approximate surface area is 231 Å². The van der Waals surface area contributed by atoms with Gasteiger partial charge in [0.1, 0.15) is 5.69 Å². The highest BCUT2D eigenvalue weighted by Crippen LogP contribution is 2.23. The average molecular weight is 542 g/mol. The highest BCUT2D eigenvalue weighted by Gasteiger charge is 2.24. The second-order valence-electron chi connectivity index (χ2n) is 10.6. The molecule has 39 heavy (non-hydrogen) atoms. The molecule has 0 radical (unpaired) electrons. The van der Waals surface area contributed by atoms with E-state index in [0.29, 0.717) is 25.1 Å². The van der Waals surface area contributed by atoms with Gasteiger partial charge in [-0.2, -0.15) is 5.10 Å². The van der Waals surface area contributed by atoms with Crippen molar-refractivity contribution in [3.05, 3.63) is 131 Å². The second-order valence-corrected chi connectivity index (χ2v) is 12.4. The minimum atomic E-state index is -3.65. The fourth-order valence-corrected chi connectivity index (χ4v) is 5.25. The Bertz CT molecular complexity index is 1510. The quantitative estimate of drug-likeness (QED) is 0.269. The van der Waals surface area contributed by atoms with Crippen LogP contribution in [-0.4, -0.2) is 30.1 Å². The Hall–Kier alpha value is -3.97. The molecule has 1 heterocycles. The zero-order chi connectivity index (χ0) is 27.9. The highest BCUT2D eigenvalue weighted by molar-refractivity contribution is 7.94. The minimum Gasteiger partial charge on any atom is -0.344 e. The molecule has 202 valence electrons. The Morgan fingerprint density at radius 2 is 1.46 bits per heavy atom. The normalized spacial score (nSPS) is 12.9. The van der Waals surface area contributed by atoms with Gasteiger partial charge in [-0.05, 0) is 42.2 Å². The van der Waals surface area contributed by atoms with Gasteiger partial charge in [-0.25, -0.2) is 8.42 Å². The van der Waals surface area contributed by atoms with Crippen molar-refractivity contribution < 1.29 is 13.2 Å². The zero-order valence-electron chi connectivity index (χ0n) is 22.6. The smallest absolute Gasteiger partial charge is 0.270 e. The van der Waals surface area contributed by atoms with Gasteiger partial charge in [-0.15, -0.1) is 0 Å². The van der Waals surface area contributed by atoms with E-state index < -0.39 is 15.9 Å². The van der Waals surface area contributed by atoms with E-state index in [1.807, 2.05) is 66.7 Å². The number of rotatable bonds is 10. The molecule has 0 unspecified atom stereocenters. The summed E-state index contributed by atoms with van der Waals surface area (Å²) in [6.45, 7) is 6.63. The number of benzene rings is 3. The topological polar surface area (TPSA) is 81.1 Å². The molecule has 0 aliphatic carbocycles. The summed E-state index contributed by atoms with van der Waals surface area (Å²) in [6, 6.07) is 29.4. The SMILES string of the molecule is CC(C)(C)c1cc(C(=O)N[C@H](/C=C/S(=O)(=O)c2ccccc2)CCc2ccccc2)n(Cc2ccccc2)n1. The molecule has 0 fully saturated rings. The zero-order valence-corrected chi connectivity index (χ0v) is 23.4. The van der Waals surface area contributed by atoms with Crippen LogP contribution in [0.25, 0.3) is 0 Å². The van der Waals surface area contributed by atoms with E-state index in [-0.39, 0.29) is 16.2 Å². The van der Waals surface area contributed by atoms with E-state index in [1.54, 1.807) is 41.1 Å². The molecule has 0 saturated heterocycles. The first-order chi connectivity index (χ1) is 18.6. The second kappa shape index (κ2) is 12.3. The molecule has 1 amide bonds. The third-order valence-corrected chi connectivity index (χ3v) is 7.87. The number of aryl methyl sites for hydroxylation is 1. The summed E-state index contributed by atoms with van der Waals surface area (Å²) in [5.41, 5.74) is 3.15. The molecule has 1 N–H and O–H groups in total. The van der Waals surface area contributed by atoms with Crippen molar-refractivity contribution in [1.29, 1.82) is 0 Å². The third-order valence-electron chi connectivity index (χ3n) is 6.42. The van der Waals surface area contributed by atoms with Crippen LogP contribution < -0.4 is 5.32 Å². The summed E-state index contributed by atoms with van der Waals surface area (Å²) in [5, 5.41) is 9.03. The maximum atomic E-state index is 13.7. The highest BCUT2D eigenvalue weighted by atomic mass is 32.2. The maximum absolute atomic E-state index is 13.7. The first-order valence-electron chi connectivity index (χ1n) is 13.1. The molecule has 0 saturated carbocycles. The van der Waals surface area contributed by atoms with E-state index in [0.717, 1.165) is 16.8 Å². The third kappa shape index (κ3) is 7.77. The summed E-state index contributed by atoms with van der Waals surface area (Å²) < 4.78 is 27.6. The fraction of sp³-hybridized carbons (Fsp3) is 0.250. The number of carbonyl (C=O) groups excluding carboxylic acids is 1. The lowest BCUT2D eigenvalue weighted by molar-refractivity contribution is 0.0932. The predicted octanol–water partition coefficient (Wildman–Crippen LogP) is 5.95. The van der Waals surface area contributed by atoms with Gasteiger partial charge in [0.05, 0.1) is 17.1 Å². The predicted molar refractivity (Wildman–Crippen MR) is 155 cm³/mol. The number of carbonyl (C=O) groups is 1. The lowest BCUT2D eigenvalue weighted by atomic mass is 9.92. The summed E-state index contributed by atoms with van der Waals surface area (Å²) >= 11 is 0. The van der Waals surface area contributed by atoms with Crippen LogP contribution >= 0.6 is 0 Å². The Kier molecular flexibility index (Phi) is 8.82. The Morgan fingerprint density at radius 3 is 2.05 bits per heavy atom. The van der Waals surface area contributed by atoms with Gasteiger partial charge in [0, 0.05) is 16.9 Å². The van der Waals surface area contributed by atoms with Crippen LogP contribution in [0.4, 0.5) is 0 Å². The van der Waals surface area contributed by atoms with Gasteiger partial charge in [0.15, 0.2) is 9.84 Å². The van der Waals surface area contributed by atoms with Crippen LogP contribution in [0.2, 0.25) is 0 Å². The van der Waals surface area contributed by atoms with Crippen molar-refractivity contribution in [3.63, 3.8) is 0 Å². The maximum Gasteiger partial charge on any atom is 0.270 e. The molecule has 0 aliphatic rings. The molecule has 7 heteroatoms. The molecule has 4 aromatic rings. The van der Waals surface area contributed by atoms with Gasteiger partial charge in [-0.3, -0.25) is 9.48 Å². The number of hydrogen-bond donors (Lipinski definition) is 1. The molecular weight excluding hydrogens is 506 g/mol. The van der Waals surface area contributed by atoms with Gasteiger partial charge in [0.2, 0.25) is 0 Å². The van der Waals surface area contributed by atoms with E-state index >= 15 is 0 Å². The van der Waals surface area contributed by atoms with Crippen molar-refractivity contribution in [2.45, 2.75) is 56.5 Å². The largest absolute Gasteiger partial charge is 0.344 e. The minimum absolute atomic E-state index is 0.213. The van der Waals surface area contributed by atoms with Crippen LogP contribution in [0.3, 0.4) is 0 Å². The van der Waals surface area contributed by atoms with Crippen LogP contribution in [0, 0.1) is 0 Å². The van der Waals surface area contributed by atoms with Gasteiger partial charge >= 0.3 is 0 Å². The number of hydrogen-bond acceptors (Lipinski definition) is 4. The number of nitrogens with one attached hydrogen (secondary N) is 1. The molecule has 1 aromatic heterocycles. The van der Waals surface area contributed by atoms with Crippen molar-refractivity contribution in [2.75, 3.05) is 0 Å². The van der Waals surface area contributed by atoms with Gasteiger partial charge in [-0.1, -0.05) is 106 Å². The fourth-order valence-electron chi connectivity index (χ4n) is 4.16. The Morgan fingerprint density at radius 1 is 0.897 bits per heavy atom. The molecule has 6 nitrogen and oxygen atoms in total. The monoisotopic (exact) mass is 541 g/mol. The molecule has 0 spiro atoms. The van der Waals surface area contributed by atoms with Crippen molar-refractivity contribution >= 4 is 15.7 Å². The van der Waals surface area contributed by atoms with Gasteiger partial charge < -0.3 is 5.32 Å². The number of amides is 1. The van der Waals surface area contributed by atoms with Gasteiger partial charge in [0.25, 0.3) is 5.91 Å². The average Bonchev–Trinajstić information content (AvgIpc) is 3.36. The molecule has 0 bridgehead atoms. The van der Waals surface area contributed by atoms with Crippen LogP contribution in [0.5, 0.6) is 0 Å². The number of nitrogens with zero attached hydrogens (tertiary/aromatic N) is 2. The van der Waals surface area contributed by atoms with Crippen LogP contribution in [0.1, 0.15) is 54.5 Å². The van der Waals surface area contributed by atoms with E-state index in [4.69, 9.17) is 5.10 Å². The molecular formula is C32H35N3O3S. The molecule has 4 rings (SSSR count). The lowest BCUT2D eigenvalue weighted by Crippen LogP contribution is -2.35. The Balaban J connectivity index is 1.61.